The Kier molecular flexibility index (Phi) is 2.96. The number of aromatic nitrogens is 1. The number of nitrogens with zero attached hydrogens (tertiary/aromatic N) is 2. The molecule has 0 spiro atoms. The summed E-state index contributed by atoms with van der Waals surface area (Å²) in [6.45, 7) is 0.377. The number of amidine groups is 1. The molecule has 3 rings (SSSR count). The number of rotatable bonds is 2. The largest absolute Gasteiger partial charge is 0.394 e. The summed E-state index contributed by atoms with van der Waals surface area (Å²) in [4.78, 5) is 1.81. The maximum atomic E-state index is 9.79. The van der Waals surface area contributed by atoms with E-state index in [1.807, 2.05) is 28.8 Å². The molecule has 7 nitrogen and oxygen atoms in total. The zero-order chi connectivity index (χ0) is 13.6. The minimum atomic E-state index is -0.654. The first-order valence-corrected chi connectivity index (χ1v) is 6.31. The van der Waals surface area contributed by atoms with Crippen molar-refractivity contribution < 1.29 is 14.9 Å². The van der Waals surface area contributed by atoms with Crippen LogP contribution in [0.1, 0.15) is 18.2 Å². The zero-order valence-electron chi connectivity index (χ0n) is 10.7. The smallest absolute Gasteiger partial charge is 0.138 e. The van der Waals surface area contributed by atoms with Crippen LogP contribution in [-0.2, 0) is 4.74 Å². The Morgan fingerprint density at radius 2 is 2.37 bits per heavy atom. The van der Waals surface area contributed by atoms with Gasteiger partial charge in [0.1, 0.15) is 24.0 Å². The van der Waals surface area contributed by atoms with Gasteiger partial charge in [-0.15, -0.1) is 0 Å². The fourth-order valence-corrected chi connectivity index (χ4v) is 2.59. The van der Waals surface area contributed by atoms with Crippen LogP contribution in [0.2, 0.25) is 0 Å². The lowest BCUT2D eigenvalue weighted by molar-refractivity contribution is -0.0436. The van der Waals surface area contributed by atoms with Crippen LogP contribution in [0.25, 0.3) is 0 Å². The molecule has 0 amide bonds. The van der Waals surface area contributed by atoms with Crippen LogP contribution in [0, 0.1) is 5.41 Å². The van der Waals surface area contributed by atoms with Crippen LogP contribution < -0.4 is 5.32 Å². The van der Waals surface area contributed by atoms with Crippen molar-refractivity contribution in [3.05, 3.63) is 17.8 Å². The molecule has 1 saturated heterocycles. The van der Waals surface area contributed by atoms with E-state index in [0.717, 1.165) is 11.4 Å². The number of aliphatic hydroxyl groups excluding tert-OH is 2. The second-order valence-corrected chi connectivity index (χ2v) is 4.98. The monoisotopic (exact) mass is 266 g/mol. The lowest BCUT2D eigenvalue weighted by Gasteiger charge is -2.29. The summed E-state index contributed by atoms with van der Waals surface area (Å²) in [5.41, 5.74) is 0.819. The van der Waals surface area contributed by atoms with E-state index < -0.39 is 12.2 Å². The maximum Gasteiger partial charge on any atom is 0.138 e. The van der Waals surface area contributed by atoms with Gasteiger partial charge >= 0.3 is 0 Å². The molecule has 0 aromatic carbocycles. The number of hydrogen-bond donors (Lipinski definition) is 4. The number of fused-ring (bicyclic) bond motifs is 1. The first kappa shape index (κ1) is 12.5. The van der Waals surface area contributed by atoms with Crippen molar-refractivity contribution in [2.75, 3.05) is 25.6 Å². The van der Waals surface area contributed by atoms with Gasteiger partial charge in [-0.05, 0) is 6.07 Å². The summed E-state index contributed by atoms with van der Waals surface area (Å²) in [5, 5.41) is 30.2. The second-order valence-electron chi connectivity index (χ2n) is 4.98. The highest BCUT2D eigenvalue weighted by Gasteiger charge is 2.36. The standard InChI is InChI=1S/C12H18N4O3/c1-15-6-14-12-7(11(15)13)2-3-16(12)10-4-8(18)9(5-17)19-10/h2-3,8-10,13-14,17-18H,4-6H2,1H3/t8-,9+,10+/m0/s1. The minimum absolute atomic E-state index is 0.187. The summed E-state index contributed by atoms with van der Waals surface area (Å²) in [6.07, 6.45) is 0.798. The van der Waals surface area contributed by atoms with Crippen LogP contribution in [0.5, 0.6) is 0 Å². The third-order valence-electron chi connectivity index (χ3n) is 3.73. The van der Waals surface area contributed by atoms with Gasteiger partial charge in [0, 0.05) is 19.7 Å². The molecule has 0 unspecified atom stereocenters. The van der Waals surface area contributed by atoms with Crippen LogP contribution in [0.4, 0.5) is 5.82 Å². The molecule has 1 fully saturated rings. The van der Waals surface area contributed by atoms with E-state index in [-0.39, 0.29) is 12.8 Å². The number of aliphatic hydroxyl groups is 2. The van der Waals surface area contributed by atoms with Gasteiger partial charge in [0.25, 0.3) is 0 Å². The number of anilines is 1. The summed E-state index contributed by atoms with van der Waals surface area (Å²) in [5.74, 6) is 1.30. The predicted molar refractivity (Wildman–Crippen MR) is 69.1 cm³/mol. The summed E-state index contributed by atoms with van der Waals surface area (Å²) < 4.78 is 7.52. The Morgan fingerprint density at radius 1 is 1.58 bits per heavy atom. The van der Waals surface area contributed by atoms with Crippen molar-refractivity contribution in [1.82, 2.24) is 9.47 Å². The van der Waals surface area contributed by atoms with Crippen molar-refractivity contribution in [3.8, 4) is 0 Å². The highest BCUT2D eigenvalue weighted by atomic mass is 16.5. The number of hydrogen-bond acceptors (Lipinski definition) is 5. The van der Waals surface area contributed by atoms with Gasteiger partial charge in [-0.25, -0.2) is 0 Å². The van der Waals surface area contributed by atoms with Crippen molar-refractivity contribution in [3.63, 3.8) is 0 Å². The molecular weight excluding hydrogens is 248 g/mol. The fraction of sp³-hybridized carbons (Fsp3) is 0.583. The van der Waals surface area contributed by atoms with E-state index in [9.17, 15) is 5.11 Å². The van der Waals surface area contributed by atoms with Gasteiger partial charge in [-0.2, -0.15) is 0 Å². The summed E-state index contributed by atoms with van der Waals surface area (Å²) in [7, 11) is 1.85. The van der Waals surface area contributed by atoms with Crippen LogP contribution in [-0.4, -0.2) is 58.0 Å². The third kappa shape index (κ3) is 1.90. The Bertz CT molecular complexity index is 501. The van der Waals surface area contributed by atoms with Crippen molar-refractivity contribution in [2.24, 2.45) is 0 Å². The van der Waals surface area contributed by atoms with Crippen molar-refractivity contribution in [1.29, 1.82) is 5.41 Å². The Morgan fingerprint density at radius 3 is 3.05 bits per heavy atom. The lowest BCUT2D eigenvalue weighted by Crippen LogP contribution is -2.37. The normalized spacial score (nSPS) is 30.4. The number of nitrogens with one attached hydrogen (secondary N) is 2. The van der Waals surface area contributed by atoms with E-state index in [2.05, 4.69) is 5.32 Å². The molecule has 2 aliphatic heterocycles. The molecule has 2 aliphatic rings. The van der Waals surface area contributed by atoms with E-state index in [1.54, 1.807) is 0 Å². The SMILES string of the molecule is CN1CNc2c(ccn2[C@H]2C[C@H](O)[C@@H](CO)O2)C1=N. The Balaban J connectivity index is 1.88. The highest BCUT2D eigenvalue weighted by Crippen LogP contribution is 2.34. The van der Waals surface area contributed by atoms with Gasteiger partial charge in [0.2, 0.25) is 0 Å². The average molecular weight is 266 g/mol. The quantitative estimate of drug-likeness (QED) is 0.593. The summed E-state index contributed by atoms with van der Waals surface area (Å²) in [6, 6.07) is 1.86. The van der Waals surface area contributed by atoms with Crippen LogP contribution in [0.15, 0.2) is 12.3 Å². The molecule has 3 atom stereocenters. The molecule has 0 saturated carbocycles. The second kappa shape index (κ2) is 4.52. The molecule has 19 heavy (non-hydrogen) atoms. The maximum absolute atomic E-state index is 9.79. The lowest BCUT2D eigenvalue weighted by atomic mass is 10.2. The average Bonchev–Trinajstić information content (AvgIpc) is 2.97. The van der Waals surface area contributed by atoms with E-state index in [0.29, 0.717) is 18.9 Å². The molecule has 0 radical (unpaired) electrons. The third-order valence-corrected chi connectivity index (χ3v) is 3.73. The van der Waals surface area contributed by atoms with Gasteiger partial charge in [0.15, 0.2) is 0 Å². The zero-order valence-corrected chi connectivity index (χ0v) is 10.7. The van der Waals surface area contributed by atoms with Gasteiger partial charge in [-0.3, -0.25) is 5.41 Å². The Labute approximate surface area is 110 Å². The molecule has 4 N–H and O–H groups in total. The van der Waals surface area contributed by atoms with Gasteiger partial charge in [0.05, 0.1) is 24.9 Å². The molecule has 0 bridgehead atoms. The molecule has 1 aromatic rings. The molecule has 104 valence electrons. The molecule has 7 heteroatoms. The van der Waals surface area contributed by atoms with E-state index in [1.165, 1.54) is 0 Å². The van der Waals surface area contributed by atoms with Gasteiger partial charge in [-0.1, -0.05) is 0 Å². The Hall–Kier alpha value is -1.57. The van der Waals surface area contributed by atoms with Gasteiger partial charge < -0.3 is 29.7 Å². The van der Waals surface area contributed by atoms with Crippen LogP contribution >= 0.6 is 0 Å². The van der Waals surface area contributed by atoms with E-state index >= 15 is 0 Å². The fourth-order valence-electron chi connectivity index (χ4n) is 2.59. The predicted octanol–water partition coefficient (Wildman–Crippen LogP) is -0.231. The first-order chi connectivity index (χ1) is 9.11. The van der Waals surface area contributed by atoms with Crippen molar-refractivity contribution >= 4 is 11.7 Å². The molecule has 3 heterocycles. The van der Waals surface area contributed by atoms with Crippen molar-refractivity contribution in [2.45, 2.75) is 24.9 Å². The molecular formula is C12H18N4O3. The first-order valence-electron chi connectivity index (χ1n) is 6.31. The van der Waals surface area contributed by atoms with Crippen LogP contribution in [0.3, 0.4) is 0 Å². The number of ether oxygens (including phenoxy) is 1. The topological polar surface area (TPSA) is 93.7 Å². The highest BCUT2D eigenvalue weighted by molar-refractivity contribution is 6.02. The molecule has 0 aliphatic carbocycles. The minimum Gasteiger partial charge on any atom is -0.394 e. The summed E-state index contributed by atoms with van der Waals surface area (Å²) >= 11 is 0. The molecule has 1 aromatic heterocycles. The van der Waals surface area contributed by atoms with E-state index in [4.69, 9.17) is 15.3 Å².